The van der Waals surface area contributed by atoms with Crippen LogP contribution in [0.15, 0.2) is 0 Å². The number of carbonyl (C=O) groups excluding carboxylic acids is 4. The van der Waals surface area contributed by atoms with Crippen molar-refractivity contribution in [3.05, 3.63) is 0 Å². The molecule has 0 aromatic rings. The molecule has 3 unspecified atom stereocenters. The zero-order valence-electron chi connectivity index (χ0n) is 28.2. The smallest absolute Gasteiger partial charge is 0.314 e. The summed E-state index contributed by atoms with van der Waals surface area (Å²) < 4.78 is 50.5. The van der Waals surface area contributed by atoms with E-state index < -0.39 is 57.8 Å². The van der Waals surface area contributed by atoms with Gasteiger partial charge in [0.15, 0.2) is 19.5 Å². The van der Waals surface area contributed by atoms with Gasteiger partial charge in [-0.15, -0.1) is 0 Å². The Bertz CT molecular complexity index is 1020. The number of rotatable bonds is 20. The fourth-order valence-corrected chi connectivity index (χ4v) is 9.98. The highest BCUT2D eigenvalue weighted by Crippen LogP contribution is 2.56. The minimum absolute atomic E-state index is 0.0128. The van der Waals surface area contributed by atoms with Gasteiger partial charge in [0, 0.05) is 93.5 Å². The fourth-order valence-electron chi connectivity index (χ4n) is 5.34. The molecule has 2 saturated heterocycles. The Morgan fingerprint density at radius 1 is 0.936 bits per heavy atom. The molecular weight excluding hydrogens is 677 g/mol. The van der Waals surface area contributed by atoms with Gasteiger partial charge in [0.2, 0.25) is 0 Å². The molecular formula is C28H51BN2O13P2S. The monoisotopic (exact) mass is 728 g/mol. The molecule has 2 rings (SSSR count). The van der Waals surface area contributed by atoms with E-state index >= 15 is 0 Å². The van der Waals surface area contributed by atoms with Crippen molar-refractivity contribution in [1.82, 2.24) is 10.6 Å². The van der Waals surface area contributed by atoms with Crippen LogP contribution in [0.4, 0.5) is 4.79 Å². The first-order valence-corrected chi connectivity index (χ1v) is 19.8. The minimum Gasteiger partial charge on any atom is -0.466 e. The van der Waals surface area contributed by atoms with E-state index in [2.05, 4.69) is 10.6 Å². The maximum atomic E-state index is 12.3. The van der Waals surface area contributed by atoms with Crippen LogP contribution in [0.2, 0.25) is 0 Å². The van der Waals surface area contributed by atoms with Crippen LogP contribution in [0.25, 0.3) is 0 Å². The van der Waals surface area contributed by atoms with Crippen molar-refractivity contribution in [2.45, 2.75) is 102 Å². The van der Waals surface area contributed by atoms with Crippen molar-refractivity contribution in [3.8, 4) is 0 Å². The molecule has 2 fully saturated rings. The molecule has 47 heavy (non-hydrogen) atoms. The van der Waals surface area contributed by atoms with Crippen LogP contribution in [-0.2, 0) is 68.2 Å². The number of hydrogen-bond donors (Lipinski definition) is 2. The van der Waals surface area contributed by atoms with Gasteiger partial charge in [-0.05, 0) is 37.5 Å². The SMILES string of the molecule is BC1OC(COC)C[P@](O[PH](=S)OC)[C@@H]1CCCNC(=O)NCCCCO[C@H]1C[C@@H](OC(C)=O)[C@@H](OC(C)=O)[C@@H](CCOC(C)=O)O1. The number of esters is 3. The molecule has 2 N–H and O–H groups in total. The summed E-state index contributed by atoms with van der Waals surface area (Å²) in [6, 6.07) is -0.263. The lowest BCUT2D eigenvalue weighted by atomic mass is 9.93. The van der Waals surface area contributed by atoms with Gasteiger partial charge in [0.05, 0.1) is 19.3 Å². The zero-order valence-corrected chi connectivity index (χ0v) is 30.9. The number of amides is 2. The molecule has 2 aliphatic heterocycles. The van der Waals surface area contributed by atoms with E-state index in [1.807, 2.05) is 7.85 Å². The van der Waals surface area contributed by atoms with Gasteiger partial charge < -0.3 is 52.6 Å². The van der Waals surface area contributed by atoms with Crippen molar-refractivity contribution in [2.24, 2.45) is 0 Å². The summed E-state index contributed by atoms with van der Waals surface area (Å²) in [7, 11) is 2.68. The third-order valence-corrected chi connectivity index (χ3v) is 12.6. The number of nitrogens with one attached hydrogen (secondary N) is 2. The van der Waals surface area contributed by atoms with E-state index in [0.717, 1.165) is 19.0 Å². The highest BCUT2D eigenvalue weighted by atomic mass is 32.4. The maximum Gasteiger partial charge on any atom is 0.314 e. The van der Waals surface area contributed by atoms with Crippen LogP contribution >= 0.6 is 15.3 Å². The Morgan fingerprint density at radius 3 is 2.28 bits per heavy atom. The summed E-state index contributed by atoms with van der Waals surface area (Å²) in [5.74, 6) is -1.53. The van der Waals surface area contributed by atoms with Crippen molar-refractivity contribution >= 4 is 58.9 Å². The van der Waals surface area contributed by atoms with Crippen molar-refractivity contribution in [1.29, 1.82) is 0 Å². The average Bonchev–Trinajstić information content (AvgIpc) is 2.99. The Kier molecular flexibility index (Phi) is 20.5. The lowest BCUT2D eigenvalue weighted by Gasteiger charge is -2.40. The second-order valence-corrected chi connectivity index (χ2v) is 15.7. The zero-order chi connectivity index (χ0) is 34.8. The van der Waals surface area contributed by atoms with Crippen LogP contribution in [0.5, 0.6) is 0 Å². The van der Waals surface area contributed by atoms with E-state index in [9.17, 15) is 19.2 Å². The molecule has 0 aliphatic carbocycles. The lowest BCUT2D eigenvalue weighted by molar-refractivity contribution is -0.261. The quantitative estimate of drug-likeness (QED) is 0.0610. The first-order valence-electron chi connectivity index (χ1n) is 15.9. The minimum atomic E-state index is -1.74. The summed E-state index contributed by atoms with van der Waals surface area (Å²) in [5.41, 5.74) is 0.190. The number of ether oxygens (including phenoxy) is 7. The highest BCUT2D eigenvalue weighted by Gasteiger charge is 2.43. The first-order chi connectivity index (χ1) is 22.4. The number of methoxy groups -OCH3 is 1. The van der Waals surface area contributed by atoms with E-state index in [4.69, 9.17) is 53.8 Å². The largest absolute Gasteiger partial charge is 0.466 e. The number of urea groups is 1. The van der Waals surface area contributed by atoms with Gasteiger partial charge >= 0.3 is 23.9 Å². The van der Waals surface area contributed by atoms with Crippen LogP contribution in [0.3, 0.4) is 0 Å². The Balaban J connectivity index is 1.71. The molecule has 0 radical (unpaired) electrons. The van der Waals surface area contributed by atoms with Crippen LogP contribution < -0.4 is 10.6 Å². The van der Waals surface area contributed by atoms with Crippen molar-refractivity contribution in [2.75, 3.05) is 53.3 Å². The molecule has 0 spiro atoms. The normalized spacial score (nSPS) is 28.1. The Labute approximate surface area is 285 Å². The second kappa shape index (κ2) is 23.1. The standard InChI is InChI=1S/C28H51BN2O13P2S/c1-18(32)38-14-10-22-26(41-20(3)34)23(40-19(2)33)15-25(43-22)39-13-7-6-11-30-28(35)31-12-8-9-24-27(29)42-21(16-36-4)17-45(24)44-46(47)37-5/h21-27,46H,6-17,29H2,1-5H3,(H2,30,31,35)/t21?,22-,23-,24-,25-,26+,27?,45+/m1/s1. The number of hydrogen-bond acceptors (Lipinski definition) is 14. The van der Waals surface area contributed by atoms with E-state index in [1.54, 1.807) is 14.2 Å². The molecule has 270 valence electrons. The molecule has 0 aromatic heterocycles. The van der Waals surface area contributed by atoms with Crippen molar-refractivity contribution < 1.29 is 61.2 Å². The molecule has 0 aromatic carbocycles. The molecule has 2 amide bonds. The number of carbonyl (C=O) groups is 4. The summed E-state index contributed by atoms with van der Waals surface area (Å²) in [4.78, 5) is 47.0. The van der Waals surface area contributed by atoms with Crippen LogP contribution in [0, 0.1) is 0 Å². The van der Waals surface area contributed by atoms with Gasteiger partial charge in [-0.25, -0.2) is 4.79 Å². The summed E-state index contributed by atoms with van der Waals surface area (Å²) >= 11 is 5.32. The fraction of sp³-hybridized carbons (Fsp3) is 0.857. The van der Waals surface area contributed by atoms with Gasteiger partial charge in [-0.1, -0.05) is 0 Å². The molecule has 19 heteroatoms. The molecule has 0 bridgehead atoms. The van der Waals surface area contributed by atoms with Gasteiger partial charge in [0.25, 0.3) is 0 Å². The van der Waals surface area contributed by atoms with Crippen LogP contribution in [-0.4, -0.2) is 127 Å². The average molecular weight is 729 g/mol. The lowest BCUT2D eigenvalue weighted by Crippen LogP contribution is -2.52. The van der Waals surface area contributed by atoms with Crippen LogP contribution in [0.1, 0.15) is 59.3 Å². The van der Waals surface area contributed by atoms with E-state index in [-0.39, 0.29) is 43.2 Å². The topological polar surface area (TPSA) is 175 Å². The van der Waals surface area contributed by atoms with Crippen molar-refractivity contribution in [3.63, 3.8) is 0 Å². The third kappa shape index (κ3) is 16.7. The predicted molar refractivity (Wildman–Crippen MR) is 180 cm³/mol. The number of unbranched alkanes of at least 4 members (excludes halogenated alkanes) is 1. The predicted octanol–water partition coefficient (Wildman–Crippen LogP) is 1.73. The first kappa shape index (κ1) is 41.8. The van der Waals surface area contributed by atoms with Gasteiger partial charge in [-0.3, -0.25) is 14.4 Å². The molecule has 0 saturated carbocycles. The van der Waals surface area contributed by atoms with E-state index in [1.165, 1.54) is 20.8 Å². The molecule has 2 aliphatic rings. The summed E-state index contributed by atoms with van der Waals surface area (Å²) in [5, 5.41) is 5.75. The second-order valence-electron chi connectivity index (χ2n) is 11.2. The van der Waals surface area contributed by atoms with Gasteiger partial charge in [-0.2, -0.15) is 0 Å². The molecule has 2 heterocycles. The Morgan fingerprint density at radius 2 is 1.64 bits per heavy atom. The third-order valence-electron chi connectivity index (χ3n) is 7.35. The molecule has 15 nitrogen and oxygen atoms in total. The molecule has 9 atom stereocenters. The van der Waals surface area contributed by atoms with Gasteiger partial charge in [0.1, 0.15) is 20.1 Å². The maximum absolute atomic E-state index is 12.3. The highest BCUT2D eigenvalue weighted by molar-refractivity contribution is 8.02. The van der Waals surface area contributed by atoms with E-state index in [0.29, 0.717) is 39.1 Å². The summed E-state index contributed by atoms with van der Waals surface area (Å²) in [6.45, 7) is 5.63. The summed E-state index contributed by atoms with van der Waals surface area (Å²) in [6.07, 6.45) is 0.883. The Hall–Kier alpha value is -1.42.